The monoisotopic (exact) mass is 419 g/mol. The van der Waals surface area contributed by atoms with E-state index in [1.807, 2.05) is 0 Å². The van der Waals surface area contributed by atoms with E-state index in [1.54, 1.807) is 55.6 Å². The van der Waals surface area contributed by atoms with E-state index in [2.05, 4.69) is 0 Å². The number of likely N-dealkylation sites (N-methyl/N-ethyl adjacent to an activating group) is 1. The first-order valence-electron chi connectivity index (χ1n) is 7.76. The van der Waals surface area contributed by atoms with Crippen molar-refractivity contribution in [2.75, 3.05) is 14.2 Å². The van der Waals surface area contributed by atoms with Crippen LogP contribution in [0.1, 0.15) is 15.9 Å². The molecule has 0 radical (unpaired) electrons. The number of rotatable bonds is 4. The molecule has 0 atom stereocenters. The lowest BCUT2D eigenvalue weighted by atomic mass is 10.1. The molecule has 3 rings (SSSR count). The van der Waals surface area contributed by atoms with Crippen molar-refractivity contribution in [1.29, 1.82) is 0 Å². The SMILES string of the molecule is COc1cc(/C=C2/SC(=S)N(C)C2=O)ccc1OC(=O)c1ccc(Cl)cc1. The first kappa shape index (κ1) is 19.4. The Balaban J connectivity index is 1.82. The van der Waals surface area contributed by atoms with Crippen LogP contribution in [-0.2, 0) is 4.79 Å². The topological polar surface area (TPSA) is 55.8 Å². The minimum atomic E-state index is -0.524. The summed E-state index contributed by atoms with van der Waals surface area (Å²) < 4.78 is 11.2. The van der Waals surface area contributed by atoms with Crippen molar-refractivity contribution in [1.82, 2.24) is 4.90 Å². The van der Waals surface area contributed by atoms with Gasteiger partial charge < -0.3 is 9.47 Å². The van der Waals surface area contributed by atoms with Gasteiger partial charge in [0.25, 0.3) is 5.91 Å². The molecule has 1 amide bonds. The van der Waals surface area contributed by atoms with E-state index in [0.717, 1.165) is 5.56 Å². The van der Waals surface area contributed by atoms with Crippen LogP contribution in [0.4, 0.5) is 0 Å². The highest BCUT2D eigenvalue weighted by molar-refractivity contribution is 8.26. The molecule has 5 nitrogen and oxygen atoms in total. The van der Waals surface area contributed by atoms with Crippen LogP contribution in [0.5, 0.6) is 11.5 Å². The van der Waals surface area contributed by atoms with E-state index in [0.29, 0.717) is 25.6 Å². The zero-order valence-corrected chi connectivity index (χ0v) is 16.8. The highest BCUT2D eigenvalue weighted by Gasteiger charge is 2.28. The number of amides is 1. The molecular weight excluding hydrogens is 406 g/mol. The lowest BCUT2D eigenvalue weighted by Gasteiger charge is -2.10. The van der Waals surface area contributed by atoms with E-state index in [4.69, 9.17) is 33.3 Å². The Hall–Kier alpha value is -2.35. The van der Waals surface area contributed by atoms with E-state index >= 15 is 0 Å². The molecule has 1 aliphatic heterocycles. The Morgan fingerprint density at radius 3 is 2.48 bits per heavy atom. The number of carbonyl (C=O) groups excluding carboxylic acids is 2. The van der Waals surface area contributed by atoms with Gasteiger partial charge in [-0.2, -0.15) is 0 Å². The van der Waals surface area contributed by atoms with Crippen molar-refractivity contribution in [2.24, 2.45) is 0 Å². The molecule has 0 saturated carbocycles. The molecule has 27 heavy (non-hydrogen) atoms. The molecule has 0 N–H and O–H groups in total. The Morgan fingerprint density at radius 2 is 1.89 bits per heavy atom. The molecule has 0 unspecified atom stereocenters. The van der Waals surface area contributed by atoms with Crippen molar-refractivity contribution in [3.63, 3.8) is 0 Å². The van der Waals surface area contributed by atoms with Crippen molar-refractivity contribution in [2.45, 2.75) is 0 Å². The van der Waals surface area contributed by atoms with Crippen LogP contribution < -0.4 is 9.47 Å². The van der Waals surface area contributed by atoms with Crippen LogP contribution >= 0.6 is 35.6 Å². The fourth-order valence-electron chi connectivity index (χ4n) is 2.30. The summed E-state index contributed by atoms with van der Waals surface area (Å²) >= 11 is 12.2. The minimum absolute atomic E-state index is 0.151. The van der Waals surface area contributed by atoms with E-state index in [9.17, 15) is 9.59 Å². The van der Waals surface area contributed by atoms with Crippen LogP contribution in [0.3, 0.4) is 0 Å². The molecule has 1 fully saturated rings. The van der Waals surface area contributed by atoms with Crippen LogP contribution in [0, 0.1) is 0 Å². The largest absolute Gasteiger partial charge is 0.493 e. The molecule has 1 saturated heterocycles. The third-order valence-electron chi connectivity index (χ3n) is 3.75. The van der Waals surface area contributed by atoms with Crippen LogP contribution in [0.25, 0.3) is 6.08 Å². The third kappa shape index (κ3) is 4.32. The highest BCUT2D eigenvalue weighted by Crippen LogP contribution is 2.34. The quantitative estimate of drug-likeness (QED) is 0.317. The van der Waals surface area contributed by atoms with Crippen LogP contribution in [0.2, 0.25) is 5.02 Å². The summed E-state index contributed by atoms with van der Waals surface area (Å²) in [7, 11) is 3.11. The molecule has 1 aliphatic rings. The molecule has 0 spiro atoms. The number of hydrogen-bond acceptors (Lipinski definition) is 6. The van der Waals surface area contributed by atoms with Gasteiger partial charge in [-0.25, -0.2) is 4.79 Å². The van der Waals surface area contributed by atoms with Gasteiger partial charge in [0, 0.05) is 12.1 Å². The van der Waals surface area contributed by atoms with Crippen molar-refractivity contribution < 1.29 is 19.1 Å². The second-order valence-electron chi connectivity index (χ2n) is 5.55. The second-order valence-corrected chi connectivity index (χ2v) is 7.66. The van der Waals surface area contributed by atoms with Crippen LogP contribution in [0.15, 0.2) is 47.4 Å². The average molecular weight is 420 g/mol. The molecule has 0 bridgehead atoms. The van der Waals surface area contributed by atoms with Gasteiger partial charge in [0.05, 0.1) is 17.6 Å². The summed E-state index contributed by atoms with van der Waals surface area (Å²) in [6.45, 7) is 0. The number of ether oxygens (including phenoxy) is 2. The number of methoxy groups -OCH3 is 1. The molecule has 0 aromatic heterocycles. The lowest BCUT2D eigenvalue weighted by molar-refractivity contribution is -0.121. The zero-order chi connectivity index (χ0) is 19.6. The fraction of sp³-hybridized carbons (Fsp3) is 0.105. The number of carbonyl (C=O) groups is 2. The van der Waals surface area contributed by atoms with Gasteiger partial charge in [-0.05, 0) is 48.0 Å². The molecule has 0 aliphatic carbocycles. The Morgan fingerprint density at radius 1 is 1.19 bits per heavy atom. The molecule has 8 heteroatoms. The Labute approximate surface area is 170 Å². The maximum Gasteiger partial charge on any atom is 0.343 e. The van der Waals surface area contributed by atoms with Crippen molar-refractivity contribution >= 4 is 57.9 Å². The maximum atomic E-state index is 12.3. The van der Waals surface area contributed by atoms with Gasteiger partial charge in [0.15, 0.2) is 11.5 Å². The zero-order valence-electron chi connectivity index (χ0n) is 14.4. The predicted octanol–water partition coefficient (Wildman–Crippen LogP) is 4.40. The number of halogens is 1. The van der Waals surface area contributed by atoms with E-state index < -0.39 is 5.97 Å². The van der Waals surface area contributed by atoms with Gasteiger partial charge in [-0.15, -0.1) is 0 Å². The number of hydrogen-bond donors (Lipinski definition) is 0. The minimum Gasteiger partial charge on any atom is -0.493 e. The van der Waals surface area contributed by atoms with Crippen molar-refractivity contribution in [3.05, 3.63) is 63.5 Å². The first-order valence-corrected chi connectivity index (χ1v) is 9.36. The molecular formula is C19H14ClNO4S2. The fourth-order valence-corrected chi connectivity index (χ4v) is 3.61. The maximum absolute atomic E-state index is 12.3. The highest BCUT2D eigenvalue weighted by atomic mass is 35.5. The molecule has 1 heterocycles. The number of nitrogens with zero attached hydrogens (tertiary/aromatic N) is 1. The van der Waals surface area contributed by atoms with Crippen molar-refractivity contribution in [3.8, 4) is 11.5 Å². The standard InChI is InChI=1S/C19H14ClNO4S2/c1-21-17(22)16(27-19(21)26)10-11-3-8-14(15(9-11)24-2)25-18(23)12-4-6-13(20)7-5-12/h3-10H,1-2H3/b16-10+. The molecule has 138 valence electrons. The number of thiocarbonyl (C=S) groups is 1. The second kappa shape index (κ2) is 8.12. The third-order valence-corrected chi connectivity index (χ3v) is 5.49. The molecule has 2 aromatic rings. The summed E-state index contributed by atoms with van der Waals surface area (Å²) in [4.78, 5) is 26.3. The first-order chi connectivity index (χ1) is 12.9. The molecule has 2 aromatic carbocycles. The Bertz CT molecular complexity index is 957. The summed E-state index contributed by atoms with van der Waals surface area (Å²) in [5.74, 6) is -0.0255. The smallest absolute Gasteiger partial charge is 0.343 e. The van der Waals surface area contributed by atoms with Gasteiger partial charge >= 0.3 is 5.97 Å². The lowest BCUT2D eigenvalue weighted by Crippen LogP contribution is -2.22. The summed E-state index contributed by atoms with van der Waals surface area (Å²) in [5, 5.41) is 0.533. The van der Waals surface area contributed by atoms with E-state index in [-0.39, 0.29) is 11.7 Å². The summed E-state index contributed by atoms with van der Waals surface area (Å²) in [5.41, 5.74) is 1.10. The van der Waals surface area contributed by atoms with Gasteiger partial charge in [-0.3, -0.25) is 9.69 Å². The number of benzene rings is 2. The van der Waals surface area contributed by atoms with Crippen LogP contribution in [-0.4, -0.2) is 35.3 Å². The predicted molar refractivity (Wildman–Crippen MR) is 110 cm³/mol. The number of esters is 1. The normalized spacial score (nSPS) is 15.4. The summed E-state index contributed by atoms with van der Waals surface area (Å²) in [6, 6.07) is 11.4. The average Bonchev–Trinajstić information content (AvgIpc) is 2.90. The Kier molecular flexibility index (Phi) is 5.84. The van der Waals surface area contributed by atoms with E-state index in [1.165, 1.54) is 23.8 Å². The van der Waals surface area contributed by atoms with Gasteiger partial charge in [0.1, 0.15) is 4.32 Å². The summed E-state index contributed by atoms with van der Waals surface area (Å²) in [6.07, 6.45) is 1.72. The van der Waals surface area contributed by atoms with Gasteiger partial charge in [-0.1, -0.05) is 41.6 Å². The van der Waals surface area contributed by atoms with Gasteiger partial charge in [0.2, 0.25) is 0 Å². The number of thioether (sulfide) groups is 1.